The second-order valence-corrected chi connectivity index (χ2v) is 5.19. The summed E-state index contributed by atoms with van der Waals surface area (Å²) in [5, 5.41) is 9.43. The minimum Gasteiger partial charge on any atom is -0.494 e. The maximum Gasteiger partial charge on any atom is 0.149 e. The van der Waals surface area contributed by atoms with Crippen LogP contribution in [0.15, 0.2) is 48.5 Å². The Kier molecular flexibility index (Phi) is 4.39. The van der Waals surface area contributed by atoms with Crippen LogP contribution >= 0.6 is 0 Å². The maximum atomic E-state index is 9.43. The highest BCUT2D eigenvalue weighted by Gasteiger charge is 2.07. The summed E-state index contributed by atoms with van der Waals surface area (Å²) in [6.45, 7) is 2.78. The molecule has 0 aliphatic rings. The Labute approximate surface area is 135 Å². The normalized spacial score (nSPS) is 11.4. The van der Waals surface area contributed by atoms with Gasteiger partial charge in [0.05, 0.1) is 23.2 Å². The van der Waals surface area contributed by atoms with Gasteiger partial charge >= 0.3 is 0 Å². The molecule has 0 aliphatic carbocycles. The summed E-state index contributed by atoms with van der Waals surface area (Å²) < 4.78 is 5.56. The molecule has 0 unspecified atom stereocenters. The van der Waals surface area contributed by atoms with Crippen LogP contribution < -0.4 is 4.74 Å². The zero-order chi connectivity index (χ0) is 16.1. The van der Waals surface area contributed by atoms with Gasteiger partial charge in [-0.15, -0.1) is 0 Å². The van der Waals surface area contributed by atoms with E-state index in [1.165, 1.54) is 0 Å². The summed E-state index contributed by atoms with van der Waals surface area (Å²) in [7, 11) is 0. The highest BCUT2D eigenvalue weighted by atomic mass is 16.5. The van der Waals surface area contributed by atoms with E-state index in [-0.39, 0.29) is 0 Å². The minimum absolute atomic E-state index is 0.503. The zero-order valence-electron chi connectivity index (χ0n) is 12.9. The molecule has 4 nitrogen and oxygen atoms in total. The Bertz CT molecular complexity index is 837. The highest BCUT2D eigenvalue weighted by molar-refractivity contribution is 5.90. The molecule has 0 amide bonds. The van der Waals surface area contributed by atoms with Gasteiger partial charge in [0, 0.05) is 0 Å². The predicted molar refractivity (Wildman–Crippen MR) is 91.8 cm³/mol. The number of nitrogens with zero attached hydrogens (tertiary/aromatic N) is 2. The van der Waals surface area contributed by atoms with Crippen LogP contribution in [-0.4, -0.2) is 16.6 Å². The van der Waals surface area contributed by atoms with Crippen molar-refractivity contribution in [2.24, 2.45) is 0 Å². The van der Waals surface area contributed by atoms with E-state index in [4.69, 9.17) is 4.74 Å². The SMILES string of the molecule is CCCOc1ccc(C=C(C#N)c2nc3ccccc3[nH]2)cc1. The number of rotatable bonds is 5. The molecule has 0 saturated carbocycles. The first-order valence-corrected chi connectivity index (χ1v) is 7.60. The number of benzene rings is 2. The first kappa shape index (κ1) is 14.9. The number of aromatic nitrogens is 2. The van der Waals surface area contributed by atoms with Gasteiger partial charge < -0.3 is 9.72 Å². The Hall–Kier alpha value is -3.06. The van der Waals surface area contributed by atoms with Crippen LogP contribution in [0, 0.1) is 11.3 Å². The number of nitrogens with one attached hydrogen (secondary N) is 1. The van der Waals surface area contributed by atoms with Crippen molar-refractivity contribution in [3.05, 3.63) is 59.9 Å². The van der Waals surface area contributed by atoms with Crippen molar-refractivity contribution in [1.29, 1.82) is 5.26 Å². The molecular formula is C19H17N3O. The molecule has 114 valence electrons. The quantitative estimate of drug-likeness (QED) is 0.710. The number of fused-ring (bicyclic) bond motifs is 1. The molecule has 0 saturated heterocycles. The summed E-state index contributed by atoms with van der Waals surface area (Å²) in [5.41, 5.74) is 3.22. The molecular weight excluding hydrogens is 286 g/mol. The van der Waals surface area contributed by atoms with E-state index >= 15 is 0 Å². The first-order chi connectivity index (χ1) is 11.3. The van der Waals surface area contributed by atoms with Gasteiger partial charge in [-0.3, -0.25) is 0 Å². The lowest BCUT2D eigenvalue weighted by Gasteiger charge is -2.04. The lowest BCUT2D eigenvalue weighted by Crippen LogP contribution is -1.94. The molecule has 3 aromatic rings. The number of ether oxygens (including phenoxy) is 1. The van der Waals surface area contributed by atoms with Crippen LogP contribution in [0.5, 0.6) is 5.75 Å². The van der Waals surface area contributed by atoms with E-state index in [0.717, 1.165) is 28.8 Å². The van der Waals surface area contributed by atoms with Crippen molar-refractivity contribution in [1.82, 2.24) is 9.97 Å². The van der Waals surface area contributed by atoms with Gasteiger partial charge in [0.15, 0.2) is 0 Å². The number of hydrogen-bond acceptors (Lipinski definition) is 3. The molecule has 0 atom stereocenters. The van der Waals surface area contributed by atoms with Crippen LogP contribution in [0.2, 0.25) is 0 Å². The molecule has 1 N–H and O–H groups in total. The Balaban J connectivity index is 1.88. The third-order valence-electron chi connectivity index (χ3n) is 3.43. The smallest absolute Gasteiger partial charge is 0.149 e. The predicted octanol–water partition coefficient (Wildman–Crippen LogP) is 4.42. The van der Waals surface area contributed by atoms with Gasteiger partial charge in [0.1, 0.15) is 17.6 Å². The van der Waals surface area contributed by atoms with Crippen LogP contribution in [0.3, 0.4) is 0 Å². The van der Waals surface area contributed by atoms with Gasteiger partial charge in [0.2, 0.25) is 0 Å². The van der Waals surface area contributed by atoms with Crippen LogP contribution in [-0.2, 0) is 0 Å². The van der Waals surface area contributed by atoms with Crippen molar-refractivity contribution in [3.63, 3.8) is 0 Å². The molecule has 3 rings (SSSR count). The molecule has 1 aromatic heterocycles. The number of nitriles is 1. The summed E-state index contributed by atoms with van der Waals surface area (Å²) in [6, 6.07) is 17.6. The minimum atomic E-state index is 0.503. The van der Waals surface area contributed by atoms with E-state index in [1.54, 1.807) is 0 Å². The number of aromatic amines is 1. The van der Waals surface area contributed by atoms with Gasteiger partial charge in [-0.25, -0.2) is 4.98 Å². The summed E-state index contributed by atoms with van der Waals surface area (Å²) in [4.78, 5) is 7.65. The van der Waals surface area contributed by atoms with Crippen LogP contribution in [0.1, 0.15) is 24.7 Å². The fraction of sp³-hybridized carbons (Fsp3) is 0.158. The van der Waals surface area contributed by atoms with Crippen molar-refractivity contribution in [2.75, 3.05) is 6.61 Å². The molecule has 4 heteroatoms. The lowest BCUT2D eigenvalue weighted by molar-refractivity contribution is 0.317. The molecule has 23 heavy (non-hydrogen) atoms. The van der Waals surface area contributed by atoms with E-state index in [0.29, 0.717) is 18.0 Å². The third-order valence-corrected chi connectivity index (χ3v) is 3.43. The fourth-order valence-corrected chi connectivity index (χ4v) is 2.28. The van der Waals surface area contributed by atoms with E-state index in [2.05, 4.69) is 23.0 Å². The molecule has 0 radical (unpaired) electrons. The van der Waals surface area contributed by atoms with Crippen LogP contribution in [0.4, 0.5) is 0 Å². The molecule has 1 heterocycles. The summed E-state index contributed by atoms with van der Waals surface area (Å²) in [5.74, 6) is 1.42. The second kappa shape index (κ2) is 6.80. The average molecular weight is 303 g/mol. The molecule has 0 spiro atoms. The van der Waals surface area contributed by atoms with Gasteiger partial charge in [-0.2, -0.15) is 5.26 Å². The number of imidazole rings is 1. The first-order valence-electron chi connectivity index (χ1n) is 7.60. The molecule has 0 aliphatic heterocycles. The molecule has 0 fully saturated rings. The number of hydrogen-bond donors (Lipinski definition) is 1. The third kappa shape index (κ3) is 3.41. The monoisotopic (exact) mass is 303 g/mol. The van der Waals surface area contributed by atoms with E-state index in [1.807, 2.05) is 54.6 Å². The van der Waals surface area contributed by atoms with Crippen molar-refractivity contribution < 1.29 is 4.74 Å². The second-order valence-electron chi connectivity index (χ2n) is 5.19. The van der Waals surface area contributed by atoms with Crippen molar-refractivity contribution in [2.45, 2.75) is 13.3 Å². The standard InChI is InChI=1S/C19H17N3O/c1-2-11-23-16-9-7-14(8-10-16)12-15(13-20)19-21-17-5-3-4-6-18(17)22-19/h3-10,12H,2,11H2,1H3,(H,21,22). The summed E-state index contributed by atoms with van der Waals surface area (Å²) in [6.07, 6.45) is 2.80. The number of allylic oxidation sites excluding steroid dienone is 1. The lowest BCUT2D eigenvalue weighted by atomic mass is 10.1. The zero-order valence-corrected chi connectivity index (χ0v) is 12.9. The van der Waals surface area contributed by atoms with Gasteiger partial charge in [0.25, 0.3) is 0 Å². The van der Waals surface area contributed by atoms with Crippen molar-refractivity contribution in [3.8, 4) is 11.8 Å². The van der Waals surface area contributed by atoms with Gasteiger partial charge in [-0.05, 0) is 42.3 Å². The Morgan fingerprint density at radius 1 is 1.22 bits per heavy atom. The van der Waals surface area contributed by atoms with E-state index < -0.39 is 0 Å². The average Bonchev–Trinajstić information content (AvgIpc) is 3.02. The Morgan fingerprint density at radius 2 is 2.00 bits per heavy atom. The van der Waals surface area contributed by atoms with E-state index in [9.17, 15) is 5.26 Å². The Morgan fingerprint density at radius 3 is 2.70 bits per heavy atom. The topological polar surface area (TPSA) is 61.7 Å². The number of H-pyrrole nitrogens is 1. The van der Waals surface area contributed by atoms with Crippen molar-refractivity contribution >= 4 is 22.7 Å². The summed E-state index contributed by atoms with van der Waals surface area (Å²) >= 11 is 0. The maximum absolute atomic E-state index is 9.43. The fourth-order valence-electron chi connectivity index (χ4n) is 2.28. The number of para-hydroxylation sites is 2. The molecule has 0 bridgehead atoms. The van der Waals surface area contributed by atoms with Gasteiger partial charge in [-0.1, -0.05) is 31.2 Å². The molecule has 2 aromatic carbocycles. The van der Waals surface area contributed by atoms with Crippen LogP contribution in [0.25, 0.3) is 22.7 Å². The highest BCUT2D eigenvalue weighted by Crippen LogP contribution is 2.20. The largest absolute Gasteiger partial charge is 0.494 e.